The predicted molar refractivity (Wildman–Crippen MR) is 78.0 cm³/mol. The van der Waals surface area contributed by atoms with Crippen LogP contribution in [0, 0.1) is 0 Å². The van der Waals surface area contributed by atoms with E-state index in [1.165, 1.54) is 11.3 Å². The molecule has 0 fully saturated rings. The number of ketones is 1. The number of carbonyl (C=O) groups is 2. The second kappa shape index (κ2) is 6.98. The van der Waals surface area contributed by atoms with Crippen LogP contribution in [-0.2, 0) is 11.3 Å². The maximum absolute atomic E-state index is 11.9. The van der Waals surface area contributed by atoms with Crippen molar-refractivity contribution in [3.8, 4) is 0 Å². The van der Waals surface area contributed by atoms with Crippen LogP contribution in [0.3, 0.4) is 0 Å². The molecule has 1 aromatic heterocycles. The van der Waals surface area contributed by atoms with Crippen molar-refractivity contribution in [1.82, 2.24) is 5.32 Å². The van der Waals surface area contributed by atoms with Crippen molar-refractivity contribution in [2.45, 2.75) is 19.0 Å². The molecule has 1 atom stereocenters. The van der Waals surface area contributed by atoms with Crippen molar-refractivity contribution in [1.29, 1.82) is 0 Å². The van der Waals surface area contributed by atoms with Crippen LogP contribution in [-0.4, -0.2) is 22.9 Å². The molecule has 2 aromatic rings. The number of carbonyl (C=O) groups excluding carboxylic acids is 1. The number of thiophene rings is 1. The van der Waals surface area contributed by atoms with Crippen molar-refractivity contribution >= 4 is 23.1 Å². The van der Waals surface area contributed by atoms with Gasteiger partial charge in [0.15, 0.2) is 5.78 Å². The Kier molecular flexibility index (Phi) is 5.03. The summed E-state index contributed by atoms with van der Waals surface area (Å²) in [5.74, 6) is -1.15. The average molecular weight is 289 g/mol. The molecule has 0 saturated heterocycles. The van der Waals surface area contributed by atoms with Crippen molar-refractivity contribution in [2.24, 2.45) is 0 Å². The largest absolute Gasteiger partial charge is 0.480 e. The van der Waals surface area contributed by atoms with E-state index in [0.717, 1.165) is 5.56 Å². The molecular weight excluding hydrogens is 274 g/mol. The minimum absolute atomic E-state index is 0.0390. The van der Waals surface area contributed by atoms with Gasteiger partial charge in [0.05, 0.1) is 4.88 Å². The third kappa shape index (κ3) is 4.01. The molecule has 0 amide bonds. The lowest BCUT2D eigenvalue weighted by Gasteiger charge is -2.13. The van der Waals surface area contributed by atoms with Crippen LogP contribution in [0.2, 0.25) is 0 Å². The lowest BCUT2D eigenvalue weighted by molar-refractivity contribution is -0.139. The summed E-state index contributed by atoms with van der Waals surface area (Å²) in [5, 5.41) is 13.9. The van der Waals surface area contributed by atoms with Crippen LogP contribution in [0.1, 0.15) is 21.7 Å². The molecule has 0 spiro atoms. The Morgan fingerprint density at radius 3 is 2.50 bits per heavy atom. The predicted octanol–water partition coefficient (Wildman–Crippen LogP) is 2.56. The van der Waals surface area contributed by atoms with E-state index in [1.807, 2.05) is 30.3 Å². The van der Waals surface area contributed by atoms with Crippen LogP contribution in [0.5, 0.6) is 0 Å². The minimum atomic E-state index is -1.01. The first-order chi connectivity index (χ1) is 9.66. The van der Waals surface area contributed by atoms with Gasteiger partial charge in [0.25, 0.3) is 0 Å². The van der Waals surface area contributed by atoms with Crippen LogP contribution >= 0.6 is 11.3 Å². The summed E-state index contributed by atoms with van der Waals surface area (Å²) in [6.07, 6.45) is -0.0390. The summed E-state index contributed by atoms with van der Waals surface area (Å²) < 4.78 is 0. The summed E-state index contributed by atoms with van der Waals surface area (Å²) in [5.41, 5.74) is 0.988. The van der Waals surface area contributed by atoms with Crippen molar-refractivity contribution in [3.63, 3.8) is 0 Å². The summed E-state index contributed by atoms with van der Waals surface area (Å²) in [4.78, 5) is 23.7. The number of carboxylic acid groups (broad SMARTS) is 1. The van der Waals surface area contributed by atoms with Crippen LogP contribution in [0.25, 0.3) is 0 Å². The monoisotopic (exact) mass is 289 g/mol. The number of nitrogens with one attached hydrogen (secondary N) is 1. The molecule has 0 bridgehead atoms. The number of aliphatic carboxylic acids is 1. The van der Waals surface area contributed by atoms with E-state index < -0.39 is 12.0 Å². The van der Waals surface area contributed by atoms with Gasteiger partial charge in [-0.2, -0.15) is 0 Å². The normalized spacial score (nSPS) is 12.0. The fourth-order valence-corrected chi connectivity index (χ4v) is 2.48. The summed E-state index contributed by atoms with van der Waals surface area (Å²) in [7, 11) is 0. The molecule has 1 unspecified atom stereocenters. The third-order valence-corrected chi connectivity index (χ3v) is 3.79. The quantitative estimate of drug-likeness (QED) is 0.769. The highest BCUT2D eigenvalue weighted by molar-refractivity contribution is 7.12. The van der Waals surface area contributed by atoms with E-state index in [-0.39, 0.29) is 12.2 Å². The fourth-order valence-electron chi connectivity index (χ4n) is 1.81. The number of rotatable bonds is 7. The Labute approximate surface area is 121 Å². The molecule has 2 N–H and O–H groups in total. The Bertz CT molecular complexity index is 566. The lowest BCUT2D eigenvalue weighted by Crippen LogP contribution is -2.38. The Morgan fingerprint density at radius 1 is 1.15 bits per heavy atom. The zero-order valence-electron chi connectivity index (χ0n) is 10.8. The molecule has 104 valence electrons. The number of carboxylic acids is 1. The maximum Gasteiger partial charge on any atom is 0.321 e. The lowest BCUT2D eigenvalue weighted by atomic mass is 10.1. The van der Waals surface area contributed by atoms with Crippen LogP contribution < -0.4 is 5.32 Å². The van der Waals surface area contributed by atoms with Crippen LogP contribution in [0.15, 0.2) is 47.8 Å². The molecule has 0 radical (unpaired) electrons. The van der Waals surface area contributed by atoms with Gasteiger partial charge in [0, 0.05) is 13.0 Å². The molecule has 0 aliphatic rings. The summed E-state index contributed by atoms with van der Waals surface area (Å²) >= 11 is 1.33. The molecule has 5 heteroatoms. The van der Waals surface area contributed by atoms with E-state index in [0.29, 0.717) is 11.4 Å². The van der Waals surface area contributed by atoms with Gasteiger partial charge < -0.3 is 5.11 Å². The molecule has 2 rings (SSSR count). The van der Waals surface area contributed by atoms with E-state index in [1.54, 1.807) is 17.5 Å². The molecule has 1 heterocycles. The van der Waals surface area contributed by atoms with Gasteiger partial charge in [-0.3, -0.25) is 14.9 Å². The number of hydrogen-bond donors (Lipinski definition) is 2. The average Bonchev–Trinajstić information content (AvgIpc) is 2.98. The second-order valence-electron chi connectivity index (χ2n) is 4.36. The van der Waals surface area contributed by atoms with Gasteiger partial charge in [-0.05, 0) is 17.0 Å². The van der Waals surface area contributed by atoms with E-state index in [2.05, 4.69) is 5.32 Å². The number of hydrogen-bond acceptors (Lipinski definition) is 4. The first-order valence-corrected chi connectivity index (χ1v) is 7.11. The molecule has 0 aliphatic carbocycles. The number of Topliss-reactive ketones (excluding diaryl/α,β-unsaturated/α-hetero) is 1. The third-order valence-electron chi connectivity index (χ3n) is 2.88. The SMILES string of the molecule is O=C(CC(NCc1ccccc1)C(=O)O)c1cccs1. The zero-order valence-corrected chi connectivity index (χ0v) is 11.6. The van der Waals surface area contributed by atoms with Crippen molar-refractivity contribution < 1.29 is 14.7 Å². The van der Waals surface area contributed by atoms with E-state index in [4.69, 9.17) is 0 Å². The highest BCUT2D eigenvalue weighted by Crippen LogP contribution is 2.13. The van der Waals surface area contributed by atoms with Gasteiger partial charge in [0.1, 0.15) is 6.04 Å². The van der Waals surface area contributed by atoms with Crippen molar-refractivity contribution in [2.75, 3.05) is 0 Å². The van der Waals surface area contributed by atoms with Gasteiger partial charge in [-0.25, -0.2) is 0 Å². The minimum Gasteiger partial charge on any atom is -0.480 e. The first-order valence-electron chi connectivity index (χ1n) is 6.23. The smallest absolute Gasteiger partial charge is 0.321 e. The second-order valence-corrected chi connectivity index (χ2v) is 5.31. The topological polar surface area (TPSA) is 66.4 Å². The maximum atomic E-state index is 11.9. The molecule has 1 aromatic carbocycles. The Hall–Kier alpha value is -1.98. The van der Waals surface area contributed by atoms with Gasteiger partial charge in [0.2, 0.25) is 0 Å². The molecule has 0 saturated carbocycles. The van der Waals surface area contributed by atoms with Gasteiger partial charge in [-0.15, -0.1) is 11.3 Å². The summed E-state index contributed by atoms with van der Waals surface area (Å²) in [6.45, 7) is 0.426. The van der Waals surface area contributed by atoms with Gasteiger partial charge >= 0.3 is 5.97 Å². The van der Waals surface area contributed by atoms with E-state index >= 15 is 0 Å². The standard InChI is InChI=1S/C15H15NO3S/c17-13(14-7-4-8-20-14)9-12(15(18)19)16-10-11-5-2-1-3-6-11/h1-8,12,16H,9-10H2,(H,18,19). The van der Waals surface area contributed by atoms with E-state index in [9.17, 15) is 14.7 Å². The van der Waals surface area contributed by atoms with Gasteiger partial charge in [-0.1, -0.05) is 36.4 Å². The summed E-state index contributed by atoms with van der Waals surface area (Å²) in [6, 6.07) is 12.1. The highest BCUT2D eigenvalue weighted by atomic mass is 32.1. The Balaban J connectivity index is 1.94. The molecule has 20 heavy (non-hydrogen) atoms. The first kappa shape index (κ1) is 14.4. The van der Waals surface area contributed by atoms with Crippen LogP contribution in [0.4, 0.5) is 0 Å². The highest BCUT2D eigenvalue weighted by Gasteiger charge is 2.21. The molecule has 0 aliphatic heterocycles. The molecule has 4 nitrogen and oxygen atoms in total. The fraction of sp³-hybridized carbons (Fsp3) is 0.200. The zero-order chi connectivity index (χ0) is 14.4. The number of benzene rings is 1. The Morgan fingerprint density at radius 2 is 1.90 bits per heavy atom. The van der Waals surface area contributed by atoms with Crippen molar-refractivity contribution in [3.05, 3.63) is 58.3 Å². The molecular formula is C15H15NO3S.